The third kappa shape index (κ3) is 19.7. The first-order chi connectivity index (χ1) is 11.4. The van der Waals surface area contributed by atoms with Crippen LogP contribution in [-0.2, 0) is 24.4 Å². The molecule has 0 aliphatic rings. The number of carbonyl (C=O) groups excluding carboxylic acids is 3. The molecule has 0 aromatic carbocycles. The van der Waals surface area contributed by atoms with E-state index in [1.807, 2.05) is 0 Å². The average Bonchev–Trinajstić information content (AvgIpc) is 2.51. The van der Waals surface area contributed by atoms with Crippen LogP contribution in [0.2, 0.25) is 0 Å². The van der Waals surface area contributed by atoms with Crippen LogP contribution >= 0.6 is 0 Å². The molecular weight excluding hydrogens is 381 g/mol. The van der Waals surface area contributed by atoms with Gasteiger partial charge < -0.3 is 14.6 Å². The molecular formula is C13H20KN3O7S. The van der Waals surface area contributed by atoms with Gasteiger partial charge in [-0.25, -0.2) is 32.8 Å². The zero-order valence-electron chi connectivity index (χ0n) is 14.1. The molecule has 10 nitrogen and oxygen atoms in total. The average molecular weight is 401 g/mol. The van der Waals surface area contributed by atoms with Crippen molar-refractivity contribution >= 4 is 28.4 Å². The Morgan fingerprint density at radius 3 is 2.04 bits per heavy atom. The van der Waals surface area contributed by atoms with Gasteiger partial charge in [0, 0.05) is 11.8 Å². The Balaban J connectivity index is 0. The van der Waals surface area contributed by atoms with Crippen LogP contribution in [0.1, 0.15) is 32.1 Å². The second kappa shape index (κ2) is 17.0. The van der Waals surface area contributed by atoms with E-state index in [1.54, 1.807) is 0 Å². The molecule has 0 atom stereocenters. The van der Waals surface area contributed by atoms with E-state index in [0.29, 0.717) is 25.7 Å². The van der Waals surface area contributed by atoms with Crippen molar-refractivity contribution < 1.29 is 83.5 Å². The van der Waals surface area contributed by atoms with Gasteiger partial charge in [0.1, 0.15) is 0 Å². The van der Waals surface area contributed by atoms with E-state index in [2.05, 4.69) is 15.3 Å². The molecule has 0 aliphatic carbocycles. The van der Waals surface area contributed by atoms with E-state index < -0.39 is 22.0 Å². The number of carbonyl (C=O) groups is 1. The topological polar surface area (TPSA) is 154 Å². The SMILES string of the molecule is O=C=NCCCC(CCCN=C=O)NC(=O)OCCCS(=O)(=O)[O-].[K+]. The summed E-state index contributed by atoms with van der Waals surface area (Å²) in [5, 5.41) is 2.60. The molecule has 0 aromatic heterocycles. The van der Waals surface area contributed by atoms with Crippen LogP contribution < -0.4 is 56.7 Å². The number of hydrogen-bond acceptors (Lipinski definition) is 9. The van der Waals surface area contributed by atoms with Gasteiger partial charge >= 0.3 is 57.5 Å². The molecule has 0 saturated carbocycles. The van der Waals surface area contributed by atoms with Gasteiger partial charge in [0.05, 0.1) is 29.8 Å². The van der Waals surface area contributed by atoms with Crippen LogP contribution in [0.15, 0.2) is 9.98 Å². The van der Waals surface area contributed by atoms with Crippen molar-refractivity contribution in [2.24, 2.45) is 9.98 Å². The van der Waals surface area contributed by atoms with E-state index >= 15 is 0 Å². The van der Waals surface area contributed by atoms with Gasteiger partial charge in [-0.15, -0.1) is 0 Å². The molecule has 1 N–H and O–H groups in total. The standard InChI is InChI=1S/C13H21N3O7S.K/c17-10-14-6-1-4-12(5-2-7-15-11-18)16-13(19)23-8-3-9-24(20,21)22;/h12H,1-9H2,(H,16,19)(H,20,21,22);/q;+1/p-1. The number of isocyanates is 2. The molecule has 136 valence electrons. The Morgan fingerprint density at radius 2 is 1.60 bits per heavy atom. The molecule has 0 saturated heterocycles. The van der Waals surface area contributed by atoms with Crippen molar-refractivity contribution in [1.29, 1.82) is 0 Å². The molecule has 25 heavy (non-hydrogen) atoms. The summed E-state index contributed by atoms with van der Waals surface area (Å²) < 4.78 is 36.0. The minimum atomic E-state index is -4.33. The Morgan fingerprint density at radius 1 is 1.08 bits per heavy atom. The van der Waals surface area contributed by atoms with E-state index in [0.717, 1.165) is 0 Å². The minimum Gasteiger partial charge on any atom is -0.748 e. The molecule has 0 radical (unpaired) electrons. The summed E-state index contributed by atoms with van der Waals surface area (Å²) in [6.45, 7) is 0.375. The van der Waals surface area contributed by atoms with Crippen LogP contribution in [0.25, 0.3) is 0 Å². The molecule has 0 rings (SSSR count). The number of nitrogens with one attached hydrogen (secondary N) is 1. The summed E-state index contributed by atoms with van der Waals surface area (Å²) in [6, 6.07) is -0.274. The van der Waals surface area contributed by atoms with Gasteiger partial charge in [0.25, 0.3) is 0 Å². The van der Waals surface area contributed by atoms with Crippen molar-refractivity contribution in [3.8, 4) is 0 Å². The van der Waals surface area contributed by atoms with Crippen molar-refractivity contribution in [3.63, 3.8) is 0 Å². The number of ether oxygens (including phenoxy) is 1. The summed E-state index contributed by atoms with van der Waals surface area (Å²) in [6.07, 6.45) is 4.18. The largest absolute Gasteiger partial charge is 1.00 e. The summed E-state index contributed by atoms with van der Waals surface area (Å²) in [5.74, 6) is -0.600. The van der Waals surface area contributed by atoms with E-state index in [4.69, 9.17) is 4.74 Å². The number of nitrogens with zero attached hydrogens (tertiary/aromatic N) is 2. The van der Waals surface area contributed by atoms with Crippen LogP contribution in [0.3, 0.4) is 0 Å². The zero-order valence-corrected chi connectivity index (χ0v) is 18.0. The normalized spacial score (nSPS) is 11.2. The van der Waals surface area contributed by atoms with Crippen LogP contribution in [-0.4, -0.2) is 62.7 Å². The molecule has 1 amide bonds. The molecule has 0 heterocycles. The van der Waals surface area contributed by atoms with Gasteiger partial charge in [-0.2, -0.15) is 0 Å². The van der Waals surface area contributed by atoms with E-state index in [-0.39, 0.29) is 83.5 Å². The molecule has 0 spiro atoms. The summed E-state index contributed by atoms with van der Waals surface area (Å²) in [4.78, 5) is 38.4. The smallest absolute Gasteiger partial charge is 0.748 e. The predicted octanol–water partition coefficient (Wildman–Crippen LogP) is -2.75. The van der Waals surface area contributed by atoms with Crippen LogP contribution in [0, 0.1) is 0 Å². The van der Waals surface area contributed by atoms with Crippen LogP contribution in [0.5, 0.6) is 0 Å². The van der Waals surface area contributed by atoms with Gasteiger partial charge in [0.15, 0.2) is 0 Å². The number of rotatable bonds is 13. The van der Waals surface area contributed by atoms with Gasteiger partial charge in [-0.05, 0) is 32.1 Å². The Hall–Kier alpha value is -0.424. The van der Waals surface area contributed by atoms with Crippen molar-refractivity contribution in [3.05, 3.63) is 0 Å². The van der Waals surface area contributed by atoms with Crippen molar-refractivity contribution in [1.82, 2.24) is 5.32 Å². The van der Waals surface area contributed by atoms with Crippen molar-refractivity contribution in [2.45, 2.75) is 38.1 Å². The first kappa shape index (κ1) is 26.8. The van der Waals surface area contributed by atoms with E-state index in [1.165, 1.54) is 12.2 Å². The summed E-state index contributed by atoms with van der Waals surface area (Å²) in [7, 11) is -4.33. The first-order valence-corrected chi connectivity index (χ1v) is 8.91. The molecule has 0 bridgehead atoms. The third-order valence-electron chi connectivity index (χ3n) is 2.87. The maximum atomic E-state index is 11.6. The van der Waals surface area contributed by atoms with Gasteiger partial charge in [-0.1, -0.05) is 0 Å². The molecule has 0 unspecified atom stereocenters. The number of amides is 1. The molecule has 0 aromatic rings. The number of alkyl carbamates (subject to hydrolysis) is 1. The summed E-state index contributed by atoms with van der Waals surface area (Å²) >= 11 is 0. The minimum absolute atomic E-state index is 0. The maximum Gasteiger partial charge on any atom is 1.00 e. The van der Waals surface area contributed by atoms with E-state index in [9.17, 15) is 27.4 Å². The Kier molecular flexibility index (Phi) is 18.2. The molecule has 0 aliphatic heterocycles. The Bertz CT molecular complexity index is 548. The molecule has 12 heteroatoms. The second-order valence-electron chi connectivity index (χ2n) is 4.82. The first-order valence-electron chi connectivity index (χ1n) is 7.33. The monoisotopic (exact) mass is 401 g/mol. The van der Waals surface area contributed by atoms with Gasteiger partial charge in [-0.3, -0.25) is 0 Å². The number of aliphatic imine (C=N–C) groups is 2. The fraction of sp³-hybridized carbons (Fsp3) is 0.769. The second-order valence-corrected chi connectivity index (χ2v) is 6.35. The fourth-order valence-corrected chi connectivity index (χ4v) is 2.29. The molecule has 0 fully saturated rings. The van der Waals surface area contributed by atoms with Crippen LogP contribution in [0.4, 0.5) is 4.79 Å². The predicted molar refractivity (Wildman–Crippen MR) is 81.9 cm³/mol. The fourth-order valence-electron chi connectivity index (χ4n) is 1.82. The quantitative estimate of drug-likeness (QED) is 0.115. The van der Waals surface area contributed by atoms with Gasteiger partial charge in [0.2, 0.25) is 12.2 Å². The van der Waals surface area contributed by atoms with Crippen molar-refractivity contribution in [2.75, 3.05) is 25.4 Å². The Labute approximate surface area is 189 Å². The maximum absolute atomic E-state index is 11.6. The third-order valence-corrected chi connectivity index (χ3v) is 3.66. The summed E-state index contributed by atoms with van der Waals surface area (Å²) in [5.41, 5.74) is 0. The number of hydrogen-bond donors (Lipinski definition) is 1. The zero-order chi connectivity index (χ0) is 18.3.